The van der Waals surface area contributed by atoms with E-state index in [0.29, 0.717) is 22.8 Å². The normalized spacial score (nSPS) is 13.2. The molecule has 0 atom stereocenters. The van der Waals surface area contributed by atoms with Gasteiger partial charge < -0.3 is 30.5 Å². The minimum Gasteiger partial charge on any atom is -0.576 e. The van der Waals surface area contributed by atoms with Gasteiger partial charge in [0.05, 0.1) is 27.2 Å². The Hall–Kier alpha value is -14.0. The molecule has 0 amide bonds. The minimum absolute atomic E-state index is 0.0408. The SMILES string of the molecule is CC1(C)CCN2CCC(C)(C)c3c2c1cc1cc(-c2nc4ccccc4s2)c(=O)oc31.c1ccc(N(c2ccc(-c3ccc(N(c4ccccc4)c4cc5ccccc5c5ccccc45)cc3)cc2)c2cc3ccccc3c3ccccc23)cc1.c1cnc2c([O][Al]([O]c3cccc4cccnc34)[O]c3cccc4cccnc34)cccc2c1. The highest BCUT2D eigenvalue weighted by atomic mass is 32.1. The molecule has 15 aromatic carbocycles. The van der Waals surface area contributed by atoms with Crippen molar-refractivity contribution in [1.82, 2.24) is 19.9 Å². The van der Waals surface area contributed by atoms with Crippen molar-refractivity contribution in [1.29, 1.82) is 0 Å². The number of hydrogen-bond acceptors (Lipinski definition) is 13. The fourth-order valence-electron chi connectivity index (χ4n) is 17.2. The number of hydrogen-bond donors (Lipinski definition) is 0. The first-order valence-electron chi connectivity index (χ1n) is 40.4. The lowest BCUT2D eigenvalue weighted by Gasteiger charge is -2.48. The molecule has 0 bridgehead atoms. The number of thiazole rings is 1. The number of rotatable bonds is 14. The molecular weight excluding hydrogens is 1500 g/mol. The highest BCUT2D eigenvalue weighted by Gasteiger charge is 2.46. The van der Waals surface area contributed by atoms with Crippen molar-refractivity contribution < 1.29 is 15.8 Å². The van der Waals surface area contributed by atoms with Gasteiger partial charge in [-0.15, -0.1) is 11.3 Å². The number of para-hydroxylation sites is 6. The molecule has 14 heteroatoms. The summed E-state index contributed by atoms with van der Waals surface area (Å²) in [5.41, 5.74) is 17.2. The summed E-state index contributed by atoms with van der Waals surface area (Å²) in [5, 5.41) is 14.6. The van der Waals surface area contributed by atoms with Gasteiger partial charge in [0, 0.05) is 98.0 Å². The third-order valence-electron chi connectivity index (χ3n) is 23.3. The molecule has 119 heavy (non-hydrogen) atoms. The molecule has 0 radical (unpaired) electrons. The van der Waals surface area contributed by atoms with Crippen LogP contribution in [0, 0.1) is 0 Å². The van der Waals surface area contributed by atoms with Crippen molar-refractivity contribution in [2.45, 2.75) is 51.4 Å². The molecule has 2 aliphatic heterocycles. The maximum atomic E-state index is 13.2. The van der Waals surface area contributed by atoms with E-state index >= 15 is 0 Å². The molecule has 22 rings (SSSR count). The Morgan fingerprint density at radius 1 is 0.387 bits per heavy atom. The molecule has 0 spiro atoms. The fourth-order valence-corrected chi connectivity index (χ4v) is 19.5. The molecule has 5 aromatic heterocycles. The van der Waals surface area contributed by atoms with Crippen LogP contribution in [0.5, 0.6) is 17.2 Å². The van der Waals surface area contributed by atoms with Gasteiger partial charge in [0.15, 0.2) is 0 Å². The van der Waals surface area contributed by atoms with Crippen LogP contribution >= 0.6 is 11.3 Å². The van der Waals surface area contributed by atoms with E-state index in [2.05, 4.69) is 282 Å². The van der Waals surface area contributed by atoms with Gasteiger partial charge in [-0.2, -0.15) is 0 Å². The Bertz CT molecular complexity index is 6860. The average Bonchev–Trinajstić information content (AvgIpc) is 1.06. The fraction of sp³-hybridized carbons (Fsp3) is 0.0952. The summed E-state index contributed by atoms with van der Waals surface area (Å²) in [4.78, 5) is 38.7. The molecule has 0 saturated heterocycles. The van der Waals surface area contributed by atoms with Crippen LogP contribution in [0.4, 0.5) is 39.8 Å². The maximum absolute atomic E-state index is 13.2. The number of fused-ring (bicyclic) bond motifs is 12. The van der Waals surface area contributed by atoms with Crippen LogP contribution in [0.1, 0.15) is 51.7 Å². The molecule has 0 N–H and O–H groups in total. The molecule has 12 nitrogen and oxygen atoms in total. The van der Waals surface area contributed by atoms with Crippen molar-refractivity contribution in [2.24, 2.45) is 0 Å². The predicted molar refractivity (Wildman–Crippen MR) is 493 cm³/mol. The van der Waals surface area contributed by atoms with Gasteiger partial charge in [0.1, 0.15) is 44.4 Å². The molecular formula is C105H80AlN7O5S. The van der Waals surface area contributed by atoms with Gasteiger partial charge in [0.2, 0.25) is 0 Å². The molecule has 2 aliphatic rings. The molecule has 574 valence electrons. The largest absolute Gasteiger partial charge is 1.20 e. The van der Waals surface area contributed by atoms with E-state index < -0.39 is 15.1 Å². The molecule has 7 heterocycles. The summed E-state index contributed by atoms with van der Waals surface area (Å²) in [5.74, 6) is 1.82. The lowest BCUT2D eigenvalue weighted by atomic mass is 9.69. The molecule has 0 saturated carbocycles. The Balaban J connectivity index is 0.000000121. The number of benzene rings is 15. The second-order valence-electron chi connectivity index (χ2n) is 31.7. The number of anilines is 7. The van der Waals surface area contributed by atoms with Crippen LogP contribution in [0.25, 0.3) is 119 Å². The van der Waals surface area contributed by atoms with Crippen LogP contribution in [0.3, 0.4) is 0 Å². The molecule has 0 aliphatic carbocycles. The zero-order valence-corrected chi connectivity index (χ0v) is 68.1. The van der Waals surface area contributed by atoms with E-state index in [4.69, 9.17) is 20.8 Å². The van der Waals surface area contributed by atoms with Gasteiger partial charge in [-0.1, -0.05) is 252 Å². The van der Waals surface area contributed by atoms with E-state index in [0.717, 1.165) is 119 Å². The third-order valence-corrected chi connectivity index (χ3v) is 25.7. The van der Waals surface area contributed by atoms with Crippen LogP contribution < -0.4 is 31.7 Å². The molecule has 0 fully saturated rings. The summed E-state index contributed by atoms with van der Waals surface area (Å²) >= 11 is -1.31. The third kappa shape index (κ3) is 14.2. The van der Waals surface area contributed by atoms with E-state index in [1.54, 1.807) is 29.9 Å². The highest BCUT2D eigenvalue weighted by molar-refractivity contribution is 7.21. The quantitative estimate of drug-likeness (QED) is 0.0586. The monoisotopic (exact) mass is 1580 g/mol. The van der Waals surface area contributed by atoms with E-state index in [-0.39, 0.29) is 16.5 Å². The Morgan fingerprint density at radius 2 is 0.790 bits per heavy atom. The first kappa shape index (κ1) is 73.9. The highest BCUT2D eigenvalue weighted by Crippen LogP contribution is 2.53. The van der Waals surface area contributed by atoms with E-state index in [9.17, 15) is 4.79 Å². The van der Waals surface area contributed by atoms with Gasteiger partial charge in [0.25, 0.3) is 0 Å². The summed E-state index contributed by atoms with van der Waals surface area (Å²) in [7, 11) is 0. The van der Waals surface area contributed by atoms with Crippen molar-refractivity contribution in [2.75, 3.05) is 27.8 Å². The van der Waals surface area contributed by atoms with Gasteiger partial charge in [-0.25, -0.2) is 9.78 Å². The van der Waals surface area contributed by atoms with Crippen LogP contribution in [0.2, 0.25) is 0 Å². The predicted octanol–water partition coefficient (Wildman–Crippen LogP) is 27.0. The van der Waals surface area contributed by atoms with Gasteiger partial charge in [-0.3, -0.25) is 15.0 Å². The summed E-state index contributed by atoms with van der Waals surface area (Å²) in [6.07, 6.45) is 7.43. The van der Waals surface area contributed by atoms with Gasteiger partial charge in [-0.05, 0) is 194 Å². The lowest BCUT2D eigenvalue weighted by Crippen LogP contribution is -2.44. The van der Waals surface area contributed by atoms with E-state index in [1.165, 1.54) is 71.0 Å². The van der Waals surface area contributed by atoms with Crippen LogP contribution in [0.15, 0.2) is 374 Å². The minimum atomic E-state index is -2.86. The Kier molecular flexibility index (Phi) is 19.4. The topological polar surface area (TPSA) is 119 Å². The van der Waals surface area contributed by atoms with Crippen molar-refractivity contribution in [3.8, 4) is 38.9 Å². The second-order valence-corrected chi connectivity index (χ2v) is 34.0. The van der Waals surface area contributed by atoms with Crippen LogP contribution in [-0.2, 0) is 10.8 Å². The lowest BCUT2D eigenvalue weighted by molar-refractivity contribution is 0.311. The maximum Gasteiger partial charge on any atom is 1.20 e. The van der Waals surface area contributed by atoms with E-state index in [1.807, 2.05) is 121 Å². The summed E-state index contributed by atoms with van der Waals surface area (Å²) in [6, 6.07) is 120. The summed E-state index contributed by atoms with van der Waals surface area (Å²) < 4.78 is 26.4. The number of aromatic nitrogens is 4. The van der Waals surface area contributed by atoms with Crippen LogP contribution in [-0.4, -0.2) is 48.2 Å². The number of nitrogens with zero attached hydrogens (tertiary/aromatic N) is 7. The average molecular weight is 1580 g/mol. The zero-order chi connectivity index (χ0) is 80.1. The molecule has 20 aromatic rings. The Morgan fingerprint density at radius 3 is 1.27 bits per heavy atom. The first-order valence-corrected chi connectivity index (χ1v) is 42.6. The number of pyridine rings is 3. The van der Waals surface area contributed by atoms with Crippen molar-refractivity contribution in [3.05, 3.63) is 386 Å². The first-order chi connectivity index (χ1) is 58.4. The van der Waals surface area contributed by atoms with Crippen molar-refractivity contribution >= 4 is 163 Å². The smallest absolute Gasteiger partial charge is 0.576 e. The Labute approximate surface area is 698 Å². The zero-order valence-electron chi connectivity index (χ0n) is 66.1. The van der Waals surface area contributed by atoms with Gasteiger partial charge >= 0.3 is 20.8 Å². The van der Waals surface area contributed by atoms with Crippen molar-refractivity contribution in [3.63, 3.8) is 0 Å². The summed E-state index contributed by atoms with van der Waals surface area (Å²) in [6.45, 7) is 11.3. The second kappa shape index (κ2) is 31.2. The molecule has 0 unspecified atom stereocenters. The standard InChI is InChI=1S/C52H36N2.C26H26N2O2S.3C9H7NO.Al/c1-3-17-41(18-4-1)53(51-35-39-15-7-9-21-45(39)47-23-11-13-25-49(47)51)43-31-27-37(28-32-43)38-29-33-44(34-30-38)54(42-19-5-2-6-20-42)52-36-40-16-8-10-22-46(40)48-24-12-14-26-50(48)52;1-25(2)9-11-28-12-10-26(3,4)20-21(28)17(25)14-15-13-16(24(29)30-22(15)20)23-27-18-7-5-6-8-19(18)31-23;3*11-8-5-1-3-7-4-2-6-10-9(7)8;/h1-36H;5-8,13-14H,9-12H2,1-4H3;3*1-6,11H;/q;;;;;+3/p-3.